The van der Waals surface area contributed by atoms with E-state index in [1.165, 1.54) is 19.2 Å². The number of anilines is 2. The number of nitrogens with zero attached hydrogens (tertiary/aromatic N) is 3. The van der Waals surface area contributed by atoms with E-state index in [-0.39, 0.29) is 23.4 Å². The van der Waals surface area contributed by atoms with Gasteiger partial charge in [-0.15, -0.1) is 13.2 Å². The van der Waals surface area contributed by atoms with Crippen LogP contribution in [0.1, 0.15) is 26.7 Å². The summed E-state index contributed by atoms with van der Waals surface area (Å²) in [7, 11) is 3.24. The minimum atomic E-state index is -4.79. The number of aromatic nitrogens is 2. The van der Waals surface area contributed by atoms with Crippen molar-refractivity contribution in [2.24, 2.45) is 0 Å². The fourth-order valence-electron chi connectivity index (χ4n) is 2.92. The smallest absolute Gasteiger partial charge is 0.496 e. The lowest BCUT2D eigenvalue weighted by Gasteiger charge is -2.28. The Labute approximate surface area is 170 Å². The molecule has 1 aromatic heterocycles. The molecule has 2 rings (SSSR count). The van der Waals surface area contributed by atoms with Crippen molar-refractivity contribution in [1.82, 2.24) is 9.97 Å². The topological polar surface area (TPSA) is 73.5 Å². The van der Waals surface area contributed by atoms with Crippen molar-refractivity contribution in [1.29, 1.82) is 0 Å². The zero-order valence-corrected chi connectivity index (χ0v) is 17.6. The number of hydrogen-bond acceptors (Lipinski definition) is 6. The highest BCUT2D eigenvalue weighted by molar-refractivity contribution is 9.10. The average molecular weight is 463 g/mol. The number of hydrogen-bond donors (Lipinski definition) is 1. The first-order chi connectivity index (χ1) is 13.1. The first-order valence-corrected chi connectivity index (χ1v) is 9.40. The molecule has 1 aromatic carbocycles. The number of nitrogens with two attached hydrogens (primary N) is 1. The minimum absolute atomic E-state index is 0.164. The molecule has 0 radical (unpaired) electrons. The van der Waals surface area contributed by atoms with Crippen LogP contribution in [0.5, 0.6) is 11.5 Å². The van der Waals surface area contributed by atoms with Crippen LogP contribution in [0.25, 0.3) is 11.3 Å². The first-order valence-electron chi connectivity index (χ1n) is 8.61. The third-order valence-electron chi connectivity index (χ3n) is 4.35. The van der Waals surface area contributed by atoms with Gasteiger partial charge in [-0.1, -0.05) is 13.8 Å². The summed E-state index contributed by atoms with van der Waals surface area (Å²) < 4.78 is 47.0. The molecule has 1 heterocycles. The lowest BCUT2D eigenvalue weighted by atomic mass is 10.1. The minimum Gasteiger partial charge on any atom is -0.496 e. The molecule has 0 aliphatic carbocycles. The molecule has 10 heteroatoms. The fourth-order valence-corrected chi connectivity index (χ4v) is 3.42. The summed E-state index contributed by atoms with van der Waals surface area (Å²) in [4.78, 5) is 10.9. The second-order valence-electron chi connectivity index (χ2n) is 6.06. The predicted molar refractivity (Wildman–Crippen MR) is 106 cm³/mol. The summed E-state index contributed by atoms with van der Waals surface area (Å²) in [6.07, 6.45) is -3.00. The van der Waals surface area contributed by atoms with E-state index in [9.17, 15) is 13.2 Å². The predicted octanol–water partition coefficient (Wildman–Crippen LogP) is 5.02. The van der Waals surface area contributed by atoms with Gasteiger partial charge in [-0.25, -0.2) is 9.97 Å². The summed E-state index contributed by atoms with van der Waals surface area (Å²) in [6, 6.07) is 4.00. The van der Waals surface area contributed by atoms with Crippen molar-refractivity contribution in [3.63, 3.8) is 0 Å². The third kappa shape index (κ3) is 4.98. The zero-order chi connectivity index (χ0) is 21.1. The molecule has 0 saturated carbocycles. The number of ether oxygens (including phenoxy) is 2. The molecular weight excluding hydrogens is 441 g/mol. The molecule has 0 unspecified atom stereocenters. The third-order valence-corrected chi connectivity index (χ3v) is 4.90. The van der Waals surface area contributed by atoms with Gasteiger partial charge in [0.25, 0.3) is 0 Å². The zero-order valence-electron chi connectivity index (χ0n) is 16.0. The Morgan fingerprint density at radius 2 is 1.86 bits per heavy atom. The van der Waals surface area contributed by atoms with E-state index < -0.39 is 6.36 Å². The number of benzene rings is 1. The first kappa shape index (κ1) is 22.1. The van der Waals surface area contributed by atoms with Gasteiger partial charge in [0.2, 0.25) is 0 Å². The van der Waals surface area contributed by atoms with Gasteiger partial charge in [0.05, 0.1) is 7.11 Å². The van der Waals surface area contributed by atoms with Crippen LogP contribution < -0.4 is 20.1 Å². The second kappa shape index (κ2) is 8.85. The molecule has 6 nitrogen and oxygen atoms in total. The largest absolute Gasteiger partial charge is 0.573 e. The Bertz CT molecular complexity index is 829. The monoisotopic (exact) mass is 462 g/mol. The van der Waals surface area contributed by atoms with E-state index in [4.69, 9.17) is 10.5 Å². The van der Waals surface area contributed by atoms with Gasteiger partial charge in [-0.2, -0.15) is 0 Å². The van der Waals surface area contributed by atoms with Gasteiger partial charge in [-0.05, 0) is 40.9 Å². The molecule has 0 fully saturated rings. The number of nitrogen functional groups attached to an aromatic ring is 1. The van der Waals surface area contributed by atoms with Crippen molar-refractivity contribution >= 4 is 27.6 Å². The lowest BCUT2D eigenvalue weighted by molar-refractivity contribution is -0.274. The lowest BCUT2D eigenvalue weighted by Crippen LogP contribution is -2.32. The van der Waals surface area contributed by atoms with Gasteiger partial charge >= 0.3 is 6.36 Å². The summed E-state index contributed by atoms with van der Waals surface area (Å²) in [5.74, 6) is 0.519. The Morgan fingerprint density at radius 1 is 1.21 bits per heavy atom. The van der Waals surface area contributed by atoms with E-state index in [1.54, 1.807) is 0 Å². The molecule has 0 saturated heterocycles. The van der Waals surface area contributed by atoms with Crippen LogP contribution in [0.2, 0.25) is 0 Å². The average Bonchev–Trinajstić information content (AvgIpc) is 2.61. The van der Waals surface area contributed by atoms with Gasteiger partial charge in [0, 0.05) is 24.7 Å². The van der Waals surface area contributed by atoms with Crippen LogP contribution >= 0.6 is 15.9 Å². The normalized spacial score (nSPS) is 11.6. The Kier molecular flexibility index (Phi) is 6.97. The molecule has 2 aromatic rings. The molecule has 0 bridgehead atoms. The number of methoxy groups -OCH3 is 1. The maximum absolute atomic E-state index is 12.5. The van der Waals surface area contributed by atoms with E-state index in [0.29, 0.717) is 21.7 Å². The van der Waals surface area contributed by atoms with Gasteiger partial charge in [0.15, 0.2) is 11.6 Å². The van der Waals surface area contributed by atoms with E-state index in [2.05, 4.69) is 44.5 Å². The molecule has 0 atom stereocenters. The quantitative estimate of drug-likeness (QED) is 0.622. The van der Waals surface area contributed by atoms with E-state index >= 15 is 0 Å². The van der Waals surface area contributed by atoms with Crippen LogP contribution in [0.4, 0.5) is 24.8 Å². The Balaban J connectivity index is 2.54. The molecular formula is C18H22BrF3N4O2. The van der Waals surface area contributed by atoms with Crippen LogP contribution in [-0.4, -0.2) is 36.5 Å². The van der Waals surface area contributed by atoms with Crippen molar-refractivity contribution in [2.75, 3.05) is 24.8 Å². The standard InChI is InChI=1S/C18H22BrF3N4O2/c1-5-10(6-2)26(3)17-16(23)25-15(19)14(24-17)12-8-7-11(9-13(12)27-4)28-18(20,21)22/h7-10H,5-6H2,1-4H3,(H2,23,25). The fraction of sp³-hybridized carbons (Fsp3) is 0.444. The summed E-state index contributed by atoms with van der Waals surface area (Å²) in [6.45, 7) is 4.13. The van der Waals surface area contributed by atoms with Crippen molar-refractivity contribution in [2.45, 2.75) is 39.1 Å². The Morgan fingerprint density at radius 3 is 2.39 bits per heavy atom. The van der Waals surface area contributed by atoms with Crippen LogP contribution in [0, 0.1) is 0 Å². The number of alkyl halides is 3. The SMILES string of the molecule is CCC(CC)N(C)c1nc(-c2ccc(OC(F)(F)F)cc2OC)c(Br)nc1N. The van der Waals surface area contributed by atoms with Crippen LogP contribution in [-0.2, 0) is 0 Å². The highest BCUT2D eigenvalue weighted by atomic mass is 79.9. The highest BCUT2D eigenvalue weighted by Crippen LogP contribution is 2.38. The van der Waals surface area contributed by atoms with Gasteiger partial charge in [-0.3, -0.25) is 0 Å². The van der Waals surface area contributed by atoms with E-state index in [0.717, 1.165) is 18.9 Å². The van der Waals surface area contributed by atoms with Gasteiger partial charge < -0.3 is 20.1 Å². The molecule has 0 aliphatic heterocycles. The molecule has 2 N–H and O–H groups in total. The molecule has 154 valence electrons. The highest BCUT2D eigenvalue weighted by Gasteiger charge is 2.31. The molecule has 0 spiro atoms. The number of halogens is 4. The van der Waals surface area contributed by atoms with E-state index in [1.807, 2.05) is 11.9 Å². The van der Waals surface area contributed by atoms with Crippen molar-refractivity contribution < 1.29 is 22.6 Å². The molecule has 28 heavy (non-hydrogen) atoms. The number of rotatable bonds is 7. The van der Waals surface area contributed by atoms with Crippen molar-refractivity contribution in [3.8, 4) is 22.8 Å². The van der Waals surface area contributed by atoms with Crippen LogP contribution in [0.15, 0.2) is 22.8 Å². The van der Waals surface area contributed by atoms with Crippen LogP contribution in [0.3, 0.4) is 0 Å². The second-order valence-corrected chi connectivity index (χ2v) is 6.81. The van der Waals surface area contributed by atoms with Gasteiger partial charge in [0.1, 0.15) is 21.8 Å². The maximum atomic E-state index is 12.5. The molecule has 0 aliphatic rings. The summed E-state index contributed by atoms with van der Waals surface area (Å²) in [5.41, 5.74) is 6.91. The molecule has 0 amide bonds. The summed E-state index contributed by atoms with van der Waals surface area (Å²) in [5, 5.41) is 0. The Hall–Kier alpha value is -2.23. The summed E-state index contributed by atoms with van der Waals surface area (Å²) >= 11 is 3.33. The van der Waals surface area contributed by atoms with Crippen molar-refractivity contribution in [3.05, 3.63) is 22.8 Å². The maximum Gasteiger partial charge on any atom is 0.573 e.